The van der Waals surface area contributed by atoms with Crippen LogP contribution < -0.4 is 0 Å². The first kappa shape index (κ1) is 21.6. The summed E-state index contributed by atoms with van der Waals surface area (Å²) >= 11 is 0. The van der Waals surface area contributed by atoms with Gasteiger partial charge in [-0.2, -0.15) is 0 Å². The number of benzene rings is 1. The Morgan fingerprint density at radius 3 is 2.23 bits per heavy atom. The Balaban J connectivity index is 2.48. The largest absolute Gasteiger partial charge is 0.400 e. The fourth-order valence-electron chi connectivity index (χ4n) is 3.78. The fraction of sp³-hybridized carbons (Fsp3) is 0.714. The van der Waals surface area contributed by atoms with E-state index in [0.29, 0.717) is 13.2 Å². The summed E-state index contributed by atoms with van der Waals surface area (Å²) in [5.41, 5.74) is -0.0936. The van der Waals surface area contributed by atoms with Crippen molar-refractivity contribution < 1.29 is 18.3 Å². The zero-order valence-electron chi connectivity index (χ0n) is 17.3. The van der Waals surface area contributed by atoms with Gasteiger partial charge in [0, 0.05) is 12.5 Å². The van der Waals surface area contributed by atoms with Gasteiger partial charge in [-0.15, -0.1) is 0 Å². The normalized spacial score (nSPS) is 20.1. The molecule has 1 unspecified atom stereocenters. The highest BCUT2D eigenvalue weighted by Crippen LogP contribution is 2.43. The molecule has 0 N–H and O–H groups in total. The number of ether oxygens (including phenoxy) is 2. The van der Waals surface area contributed by atoms with E-state index in [1.807, 2.05) is 6.07 Å². The van der Waals surface area contributed by atoms with E-state index in [4.69, 9.17) is 18.3 Å². The lowest BCUT2D eigenvalue weighted by Crippen LogP contribution is -2.69. The predicted octanol–water partition coefficient (Wildman–Crippen LogP) is 5.30. The maximum absolute atomic E-state index is 6.96. The lowest BCUT2D eigenvalue weighted by atomic mass is 9.99. The van der Waals surface area contributed by atoms with Crippen molar-refractivity contribution in [3.8, 4) is 0 Å². The molecule has 5 heteroatoms. The Bertz CT molecular complexity index is 540. The molecule has 2 rings (SSSR count). The second-order valence-electron chi connectivity index (χ2n) is 7.80. The Labute approximate surface area is 160 Å². The Morgan fingerprint density at radius 1 is 1.12 bits per heavy atom. The first-order valence-corrected chi connectivity index (χ1v) is 12.0. The van der Waals surface area contributed by atoms with Gasteiger partial charge in [0.05, 0.1) is 18.8 Å². The number of hydrogen-bond acceptors (Lipinski definition) is 4. The summed E-state index contributed by atoms with van der Waals surface area (Å²) in [6, 6.07) is 11.2. The van der Waals surface area contributed by atoms with Gasteiger partial charge in [0.25, 0.3) is 0 Å². The van der Waals surface area contributed by atoms with Crippen molar-refractivity contribution in [2.45, 2.75) is 84.0 Å². The Morgan fingerprint density at radius 2 is 1.73 bits per heavy atom. The molecule has 26 heavy (non-hydrogen) atoms. The molecule has 0 radical (unpaired) electrons. The maximum Gasteiger partial charge on any atom is 0.400 e. The van der Waals surface area contributed by atoms with E-state index in [1.54, 1.807) is 0 Å². The van der Waals surface area contributed by atoms with Crippen LogP contribution in [0.5, 0.6) is 0 Å². The molecule has 148 valence electrons. The average Bonchev–Trinajstić information content (AvgIpc) is 2.62. The molecule has 0 amide bonds. The van der Waals surface area contributed by atoms with Crippen LogP contribution in [0.15, 0.2) is 30.3 Å². The molecule has 1 aromatic rings. The highest BCUT2D eigenvalue weighted by molar-refractivity contribution is 6.70. The number of rotatable bonds is 9. The van der Waals surface area contributed by atoms with Gasteiger partial charge < -0.3 is 18.3 Å². The molecule has 1 saturated heterocycles. The van der Waals surface area contributed by atoms with Gasteiger partial charge in [-0.25, -0.2) is 0 Å². The third kappa shape index (κ3) is 4.57. The van der Waals surface area contributed by atoms with Crippen molar-refractivity contribution in [1.82, 2.24) is 0 Å². The molecular weight excluding hydrogens is 344 g/mol. The van der Waals surface area contributed by atoms with Crippen molar-refractivity contribution in [1.29, 1.82) is 0 Å². The molecule has 0 spiro atoms. The van der Waals surface area contributed by atoms with E-state index in [1.165, 1.54) is 0 Å². The van der Waals surface area contributed by atoms with Crippen molar-refractivity contribution in [3.05, 3.63) is 35.9 Å². The first-order chi connectivity index (χ1) is 12.3. The highest BCUT2D eigenvalue weighted by atomic mass is 28.4. The second kappa shape index (κ2) is 8.98. The topological polar surface area (TPSA) is 36.9 Å². The van der Waals surface area contributed by atoms with Gasteiger partial charge in [-0.05, 0) is 45.7 Å². The minimum absolute atomic E-state index is 0.0531. The van der Waals surface area contributed by atoms with Crippen LogP contribution >= 0.6 is 0 Å². The van der Waals surface area contributed by atoms with E-state index in [9.17, 15) is 0 Å². The second-order valence-corrected chi connectivity index (χ2v) is 11.0. The Kier molecular flexibility index (Phi) is 7.45. The van der Waals surface area contributed by atoms with E-state index in [2.05, 4.69) is 65.8 Å². The average molecular weight is 381 g/mol. The summed E-state index contributed by atoms with van der Waals surface area (Å²) in [7, 11) is -2.87. The summed E-state index contributed by atoms with van der Waals surface area (Å²) in [5, 5.41) is 0. The molecule has 0 bridgehead atoms. The van der Waals surface area contributed by atoms with Gasteiger partial charge >= 0.3 is 8.56 Å². The maximum atomic E-state index is 6.96. The summed E-state index contributed by atoms with van der Waals surface area (Å²) in [6.07, 6.45) is 2.68. The first-order valence-electron chi connectivity index (χ1n) is 10.0. The highest BCUT2D eigenvalue weighted by Gasteiger charge is 2.62. The molecular formula is C21H36O4Si. The number of hydrogen-bond donors (Lipinski definition) is 0. The van der Waals surface area contributed by atoms with Crippen LogP contribution in [0.4, 0.5) is 0 Å². The molecule has 1 aliphatic heterocycles. The summed E-state index contributed by atoms with van der Waals surface area (Å²) in [5.74, 6) is 0. The van der Waals surface area contributed by atoms with Crippen molar-refractivity contribution in [2.75, 3.05) is 13.2 Å². The lowest BCUT2D eigenvalue weighted by molar-refractivity contribution is -0.245. The minimum atomic E-state index is -2.87. The minimum Gasteiger partial charge on any atom is -0.389 e. The van der Waals surface area contributed by atoms with Crippen LogP contribution in [0.3, 0.4) is 0 Å². The van der Waals surface area contributed by atoms with E-state index >= 15 is 0 Å². The molecule has 0 saturated carbocycles. The van der Waals surface area contributed by atoms with Crippen LogP contribution in [-0.2, 0) is 23.9 Å². The van der Waals surface area contributed by atoms with Gasteiger partial charge in [-0.1, -0.05) is 50.6 Å². The molecule has 0 aliphatic carbocycles. The third-order valence-corrected chi connectivity index (χ3v) is 9.55. The molecule has 1 fully saturated rings. The summed E-state index contributed by atoms with van der Waals surface area (Å²) in [4.78, 5) is 0. The van der Waals surface area contributed by atoms with Crippen LogP contribution in [-0.4, -0.2) is 33.3 Å². The van der Waals surface area contributed by atoms with Gasteiger partial charge in [0.2, 0.25) is 5.41 Å². The molecule has 4 nitrogen and oxygen atoms in total. The SMILES string of the molecule is CCC[Si](OC(C)C)(OC(C)(C)c1ccccc1)C1(CC)OCCCO1. The van der Waals surface area contributed by atoms with Crippen molar-refractivity contribution in [2.24, 2.45) is 0 Å². The van der Waals surface area contributed by atoms with Crippen LogP contribution in [0.25, 0.3) is 0 Å². The zero-order valence-corrected chi connectivity index (χ0v) is 18.3. The van der Waals surface area contributed by atoms with Gasteiger partial charge in [0.1, 0.15) is 0 Å². The molecule has 0 aromatic heterocycles. The van der Waals surface area contributed by atoms with E-state index in [-0.39, 0.29) is 6.10 Å². The monoisotopic (exact) mass is 380 g/mol. The quantitative estimate of drug-likeness (QED) is 0.545. The van der Waals surface area contributed by atoms with Crippen LogP contribution in [0.2, 0.25) is 6.04 Å². The van der Waals surface area contributed by atoms with Crippen molar-refractivity contribution in [3.63, 3.8) is 0 Å². The summed E-state index contributed by atoms with van der Waals surface area (Å²) in [6.45, 7) is 14.1. The Hall–Kier alpha value is -0.723. The van der Waals surface area contributed by atoms with E-state index in [0.717, 1.165) is 30.9 Å². The standard InChI is InChI=1S/C21H36O4Si/c1-7-17-26(24-18(3)4,21(8-2)22-15-12-16-23-21)25-20(5,6)19-13-10-9-11-14-19/h9-11,13-14,18H,7-8,12,15-17H2,1-6H3. The fourth-order valence-corrected chi connectivity index (χ4v) is 8.31. The molecule has 1 aliphatic rings. The molecule has 1 heterocycles. The van der Waals surface area contributed by atoms with Crippen LogP contribution in [0, 0.1) is 0 Å². The van der Waals surface area contributed by atoms with Crippen LogP contribution in [0.1, 0.15) is 66.4 Å². The van der Waals surface area contributed by atoms with Gasteiger partial charge in [0.15, 0.2) is 0 Å². The van der Waals surface area contributed by atoms with E-state index < -0.39 is 19.6 Å². The third-order valence-electron chi connectivity index (χ3n) is 4.90. The zero-order chi connectivity index (χ0) is 19.3. The predicted molar refractivity (Wildman–Crippen MR) is 107 cm³/mol. The lowest BCUT2D eigenvalue weighted by Gasteiger charge is -2.51. The summed E-state index contributed by atoms with van der Waals surface area (Å²) < 4.78 is 26.2. The van der Waals surface area contributed by atoms with Gasteiger partial charge in [-0.3, -0.25) is 0 Å². The van der Waals surface area contributed by atoms with Crippen molar-refractivity contribution >= 4 is 8.56 Å². The molecule has 1 aromatic carbocycles. The molecule has 1 atom stereocenters. The smallest absolute Gasteiger partial charge is 0.389 e.